The van der Waals surface area contributed by atoms with Gasteiger partial charge >= 0.3 is 12.3 Å². The molecule has 1 amide bonds. The van der Waals surface area contributed by atoms with Crippen molar-refractivity contribution in [1.82, 2.24) is 0 Å². The van der Waals surface area contributed by atoms with Gasteiger partial charge in [0.2, 0.25) is 0 Å². The number of nitrogens with one attached hydrogen (secondary N) is 1. The summed E-state index contributed by atoms with van der Waals surface area (Å²) in [7, 11) is 0. The van der Waals surface area contributed by atoms with Crippen molar-refractivity contribution < 1.29 is 23.1 Å². The third-order valence-corrected chi connectivity index (χ3v) is 2.59. The maximum absolute atomic E-state index is 12.4. The Morgan fingerprint density at radius 1 is 0.909 bits per heavy atom. The Hall–Kier alpha value is -2.90. The first-order valence-electron chi connectivity index (χ1n) is 6.03. The predicted octanol–water partition coefficient (Wildman–Crippen LogP) is 5.21. The van der Waals surface area contributed by atoms with Crippen LogP contribution in [0.15, 0.2) is 58.8 Å². The highest BCUT2D eigenvalue weighted by Crippen LogP contribution is 2.30. The summed E-state index contributed by atoms with van der Waals surface area (Å²) in [5.41, 5.74) is 0.341. The Morgan fingerprint density at radius 3 is 1.77 bits per heavy atom. The average Bonchev–Trinajstić information content (AvgIpc) is 2.45. The first kappa shape index (κ1) is 15.5. The van der Waals surface area contributed by atoms with Crippen LogP contribution in [0.4, 0.5) is 35.0 Å². The number of rotatable bonds is 3. The normalized spacial score (nSPS) is 11.6. The Labute approximate surface area is 123 Å². The smallest absolute Gasteiger partial charge is 0.416 e. The van der Waals surface area contributed by atoms with Gasteiger partial charge in [-0.25, -0.2) is 4.79 Å². The summed E-state index contributed by atoms with van der Waals surface area (Å²) in [5, 5.41) is 18.4. The summed E-state index contributed by atoms with van der Waals surface area (Å²) in [6.45, 7) is 0. The molecule has 0 saturated heterocycles. The summed E-state index contributed by atoms with van der Waals surface area (Å²) < 4.78 is 37.2. The van der Waals surface area contributed by atoms with Crippen molar-refractivity contribution >= 4 is 23.2 Å². The molecule has 22 heavy (non-hydrogen) atoms. The van der Waals surface area contributed by atoms with Crippen LogP contribution < -0.4 is 5.32 Å². The molecule has 0 bridgehead atoms. The van der Waals surface area contributed by atoms with E-state index in [-0.39, 0.29) is 5.69 Å². The first-order chi connectivity index (χ1) is 10.3. The van der Waals surface area contributed by atoms with Crippen LogP contribution in [0.2, 0.25) is 0 Å². The number of hydrogen-bond acceptors (Lipinski definition) is 3. The Kier molecular flexibility index (Phi) is 4.40. The lowest BCUT2D eigenvalue weighted by Gasteiger charge is -2.05. The number of halogens is 3. The first-order valence-corrected chi connectivity index (χ1v) is 6.03. The van der Waals surface area contributed by atoms with Crippen LogP contribution in [0.25, 0.3) is 0 Å². The summed E-state index contributed by atoms with van der Waals surface area (Å²) in [4.78, 5) is 10.4. The monoisotopic (exact) mass is 309 g/mol. The largest absolute Gasteiger partial charge is 0.465 e. The van der Waals surface area contributed by atoms with Gasteiger partial charge in [-0.1, -0.05) is 0 Å². The van der Waals surface area contributed by atoms with Crippen molar-refractivity contribution in [3.8, 4) is 0 Å². The second-order valence-electron chi connectivity index (χ2n) is 4.22. The third-order valence-electron chi connectivity index (χ3n) is 2.59. The van der Waals surface area contributed by atoms with Gasteiger partial charge in [-0.15, -0.1) is 0 Å². The third kappa shape index (κ3) is 4.30. The highest BCUT2D eigenvalue weighted by atomic mass is 19.4. The topological polar surface area (TPSA) is 74.0 Å². The minimum atomic E-state index is -4.39. The minimum absolute atomic E-state index is 0.278. The van der Waals surface area contributed by atoms with E-state index in [1.165, 1.54) is 36.4 Å². The van der Waals surface area contributed by atoms with E-state index in [4.69, 9.17) is 5.11 Å². The summed E-state index contributed by atoms with van der Waals surface area (Å²) in [5.74, 6) is 0. The van der Waals surface area contributed by atoms with Gasteiger partial charge in [0.05, 0.1) is 16.9 Å². The van der Waals surface area contributed by atoms with Crippen molar-refractivity contribution in [2.24, 2.45) is 10.2 Å². The number of hydrogen-bond donors (Lipinski definition) is 2. The maximum Gasteiger partial charge on any atom is 0.416 e. The Balaban J connectivity index is 2.06. The number of nitrogens with zero attached hydrogens (tertiary/aromatic N) is 2. The fraction of sp³-hybridized carbons (Fsp3) is 0.0714. The Morgan fingerprint density at radius 2 is 1.36 bits per heavy atom. The quantitative estimate of drug-likeness (QED) is 0.764. The zero-order valence-corrected chi connectivity index (χ0v) is 11.0. The van der Waals surface area contributed by atoms with E-state index in [9.17, 15) is 18.0 Å². The van der Waals surface area contributed by atoms with Gasteiger partial charge in [0, 0.05) is 5.69 Å². The van der Waals surface area contributed by atoms with Crippen LogP contribution in [-0.2, 0) is 6.18 Å². The molecule has 0 atom stereocenters. The summed E-state index contributed by atoms with van der Waals surface area (Å²) >= 11 is 0. The molecule has 0 aliphatic carbocycles. The lowest BCUT2D eigenvalue weighted by molar-refractivity contribution is -0.137. The number of benzene rings is 2. The zero-order valence-electron chi connectivity index (χ0n) is 11.0. The van der Waals surface area contributed by atoms with Gasteiger partial charge in [-0.05, 0) is 48.5 Å². The molecular weight excluding hydrogens is 299 g/mol. The SMILES string of the molecule is O=C(O)Nc1ccc(N=Nc2ccc(C(F)(F)F)cc2)cc1. The molecule has 2 rings (SSSR count). The van der Waals surface area contributed by atoms with Gasteiger partial charge in [0.15, 0.2) is 0 Å². The number of amides is 1. The molecule has 0 radical (unpaired) electrons. The van der Waals surface area contributed by atoms with Crippen LogP contribution in [0.1, 0.15) is 5.56 Å². The van der Waals surface area contributed by atoms with E-state index in [2.05, 4.69) is 15.5 Å². The van der Waals surface area contributed by atoms with Crippen molar-refractivity contribution in [1.29, 1.82) is 0 Å². The standard InChI is InChI=1S/C14H10F3N3O2/c15-14(16,17)9-1-3-11(4-2-9)19-20-12-7-5-10(6-8-12)18-13(21)22/h1-8,18H,(H,21,22). The van der Waals surface area contributed by atoms with Gasteiger partial charge in [0.25, 0.3) is 0 Å². The van der Waals surface area contributed by atoms with Crippen LogP contribution in [0.3, 0.4) is 0 Å². The number of carboxylic acid groups (broad SMARTS) is 1. The maximum atomic E-state index is 12.4. The molecule has 0 spiro atoms. The lowest BCUT2D eigenvalue weighted by Crippen LogP contribution is -2.06. The molecule has 0 aliphatic heterocycles. The molecule has 114 valence electrons. The van der Waals surface area contributed by atoms with Crippen LogP contribution in [-0.4, -0.2) is 11.2 Å². The molecular formula is C14H10F3N3O2. The van der Waals surface area contributed by atoms with E-state index in [0.29, 0.717) is 11.4 Å². The molecule has 5 nitrogen and oxygen atoms in total. The van der Waals surface area contributed by atoms with Gasteiger partial charge in [0.1, 0.15) is 0 Å². The molecule has 0 heterocycles. The molecule has 0 saturated carbocycles. The highest BCUT2D eigenvalue weighted by molar-refractivity contribution is 5.82. The molecule has 2 aromatic carbocycles. The van der Waals surface area contributed by atoms with E-state index in [0.717, 1.165) is 12.1 Å². The fourth-order valence-electron chi connectivity index (χ4n) is 1.57. The fourth-order valence-corrected chi connectivity index (χ4v) is 1.57. The highest BCUT2D eigenvalue weighted by Gasteiger charge is 2.29. The second-order valence-corrected chi connectivity index (χ2v) is 4.22. The van der Waals surface area contributed by atoms with Gasteiger partial charge in [-0.3, -0.25) is 5.32 Å². The number of carbonyl (C=O) groups is 1. The average molecular weight is 309 g/mol. The van der Waals surface area contributed by atoms with Gasteiger partial charge in [-0.2, -0.15) is 23.4 Å². The molecule has 0 unspecified atom stereocenters. The number of azo groups is 1. The summed E-state index contributed by atoms with van der Waals surface area (Å²) in [6.07, 6.45) is -5.57. The zero-order chi connectivity index (χ0) is 16.2. The minimum Gasteiger partial charge on any atom is -0.465 e. The van der Waals surface area contributed by atoms with Crippen LogP contribution in [0, 0.1) is 0 Å². The van der Waals surface area contributed by atoms with Crippen molar-refractivity contribution in [3.05, 3.63) is 54.1 Å². The van der Waals surface area contributed by atoms with Crippen LogP contribution >= 0.6 is 0 Å². The van der Waals surface area contributed by atoms with E-state index in [1.54, 1.807) is 0 Å². The van der Waals surface area contributed by atoms with E-state index in [1.807, 2.05) is 0 Å². The number of alkyl halides is 3. The van der Waals surface area contributed by atoms with Crippen molar-refractivity contribution in [2.45, 2.75) is 6.18 Å². The molecule has 0 fully saturated rings. The molecule has 0 aliphatic rings. The summed E-state index contributed by atoms with van der Waals surface area (Å²) in [6, 6.07) is 10.3. The Bertz CT molecular complexity index is 680. The van der Waals surface area contributed by atoms with Gasteiger partial charge < -0.3 is 5.11 Å². The van der Waals surface area contributed by atoms with E-state index >= 15 is 0 Å². The lowest BCUT2D eigenvalue weighted by atomic mass is 10.2. The van der Waals surface area contributed by atoms with Crippen LogP contribution in [0.5, 0.6) is 0 Å². The van der Waals surface area contributed by atoms with E-state index < -0.39 is 17.8 Å². The van der Waals surface area contributed by atoms with Crippen molar-refractivity contribution in [2.75, 3.05) is 5.32 Å². The molecule has 8 heteroatoms. The molecule has 0 aromatic heterocycles. The second kappa shape index (κ2) is 6.25. The van der Waals surface area contributed by atoms with Crippen molar-refractivity contribution in [3.63, 3.8) is 0 Å². The molecule has 2 N–H and O–H groups in total. The predicted molar refractivity (Wildman–Crippen MR) is 73.7 cm³/mol. The number of anilines is 1. The molecule has 2 aromatic rings.